The first kappa shape index (κ1) is 9.05. The van der Waals surface area contributed by atoms with E-state index < -0.39 is 0 Å². The summed E-state index contributed by atoms with van der Waals surface area (Å²) in [6.45, 7) is 0. The molecule has 1 atom stereocenters. The molecular formula is C13H20. The first-order valence-electron chi connectivity index (χ1n) is 5.78. The van der Waals surface area contributed by atoms with Crippen LogP contribution in [0.5, 0.6) is 0 Å². The molecule has 2 rings (SSSR count). The zero-order valence-electron chi connectivity index (χ0n) is 8.41. The quantitative estimate of drug-likeness (QED) is 0.607. The van der Waals surface area contributed by atoms with E-state index in [1.54, 1.807) is 0 Å². The lowest BCUT2D eigenvalue weighted by Gasteiger charge is -2.15. The summed E-state index contributed by atoms with van der Waals surface area (Å²) in [5, 5.41) is 0. The van der Waals surface area contributed by atoms with Crippen molar-refractivity contribution in [1.82, 2.24) is 0 Å². The summed E-state index contributed by atoms with van der Waals surface area (Å²) in [5.41, 5.74) is 0. The molecule has 2 aliphatic rings. The first-order chi connectivity index (χ1) is 6.45. The van der Waals surface area contributed by atoms with Gasteiger partial charge in [-0.15, -0.1) is 0 Å². The molecule has 0 radical (unpaired) electrons. The molecule has 2 aliphatic carbocycles. The molecular weight excluding hydrogens is 156 g/mol. The van der Waals surface area contributed by atoms with Gasteiger partial charge in [0.05, 0.1) is 0 Å². The second kappa shape index (κ2) is 4.64. The van der Waals surface area contributed by atoms with Gasteiger partial charge in [0, 0.05) is 0 Å². The van der Waals surface area contributed by atoms with Crippen LogP contribution in [0.2, 0.25) is 0 Å². The molecule has 0 heterocycles. The monoisotopic (exact) mass is 176 g/mol. The van der Waals surface area contributed by atoms with Crippen LogP contribution in [0.25, 0.3) is 0 Å². The Bertz CT molecular complexity index is 194. The van der Waals surface area contributed by atoms with Crippen molar-refractivity contribution >= 4 is 0 Å². The van der Waals surface area contributed by atoms with Crippen LogP contribution < -0.4 is 0 Å². The number of hydrogen-bond acceptors (Lipinski definition) is 0. The van der Waals surface area contributed by atoms with Gasteiger partial charge in [-0.3, -0.25) is 0 Å². The van der Waals surface area contributed by atoms with Crippen molar-refractivity contribution in [1.29, 1.82) is 0 Å². The van der Waals surface area contributed by atoms with Crippen molar-refractivity contribution < 1.29 is 0 Å². The van der Waals surface area contributed by atoms with E-state index in [4.69, 9.17) is 0 Å². The van der Waals surface area contributed by atoms with Crippen LogP contribution in [-0.2, 0) is 0 Å². The molecule has 0 nitrogen and oxygen atoms in total. The van der Waals surface area contributed by atoms with Crippen molar-refractivity contribution in [2.24, 2.45) is 11.8 Å². The second-order valence-corrected chi connectivity index (χ2v) is 4.54. The van der Waals surface area contributed by atoms with Crippen molar-refractivity contribution in [3.05, 3.63) is 24.3 Å². The van der Waals surface area contributed by atoms with E-state index in [1.807, 2.05) is 0 Å². The molecule has 0 amide bonds. The van der Waals surface area contributed by atoms with E-state index in [2.05, 4.69) is 24.3 Å². The van der Waals surface area contributed by atoms with Gasteiger partial charge < -0.3 is 0 Å². The van der Waals surface area contributed by atoms with Crippen molar-refractivity contribution in [3.63, 3.8) is 0 Å². The molecule has 1 fully saturated rings. The van der Waals surface area contributed by atoms with E-state index in [0.29, 0.717) is 0 Å². The molecule has 0 bridgehead atoms. The van der Waals surface area contributed by atoms with Crippen molar-refractivity contribution in [3.8, 4) is 0 Å². The molecule has 1 saturated carbocycles. The summed E-state index contributed by atoms with van der Waals surface area (Å²) in [4.78, 5) is 0. The van der Waals surface area contributed by atoms with Crippen molar-refractivity contribution in [2.75, 3.05) is 0 Å². The molecule has 13 heavy (non-hydrogen) atoms. The van der Waals surface area contributed by atoms with Crippen LogP contribution in [-0.4, -0.2) is 0 Å². The van der Waals surface area contributed by atoms with Gasteiger partial charge in [-0.05, 0) is 31.1 Å². The molecule has 0 aromatic carbocycles. The summed E-state index contributed by atoms with van der Waals surface area (Å²) < 4.78 is 0. The van der Waals surface area contributed by atoms with Crippen molar-refractivity contribution in [2.45, 2.75) is 44.9 Å². The topological polar surface area (TPSA) is 0 Å². The van der Waals surface area contributed by atoms with Gasteiger partial charge in [0.25, 0.3) is 0 Å². The Morgan fingerprint density at radius 2 is 1.85 bits per heavy atom. The average molecular weight is 176 g/mol. The smallest absolute Gasteiger partial charge is 0.0196 e. The molecule has 0 spiro atoms. The van der Waals surface area contributed by atoms with E-state index in [-0.39, 0.29) is 0 Å². The zero-order chi connectivity index (χ0) is 8.93. The second-order valence-electron chi connectivity index (χ2n) is 4.54. The number of allylic oxidation sites excluding steroid dienone is 4. The highest BCUT2D eigenvalue weighted by atomic mass is 14.2. The van der Waals surface area contributed by atoms with E-state index >= 15 is 0 Å². The highest BCUT2D eigenvalue weighted by Gasteiger charge is 2.16. The maximum Gasteiger partial charge on any atom is -0.0196 e. The van der Waals surface area contributed by atoms with Gasteiger partial charge in [0.15, 0.2) is 0 Å². The molecule has 72 valence electrons. The Morgan fingerprint density at radius 1 is 1.00 bits per heavy atom. The summed E-state index contributed by atoms with van der Waals surface area (Å²) in [6.07, 6.45) is 19.2. The van der Waals surface area contributed by atoms with Crippen LogP contribution in [0.3, 0.4) is 0 Å². The van der Waals surface area contributed by atoms with Crippen LogP contribution in [0.1, 0.15) is 44.9 Å². The van der Waals surface area contributed by atoms with Crippen LogP contribution >= 0.6 is 0 Å². The SMILES string of the molecule is C1=CCC(CCC2CCCC2)C=C1. The molecule has 0 heteroatoms. The third-order valence-corrected chi connectivity index (χ3v) is 3.49. The normalized spacial score (nSPS) is 28.5. The Balaban J connectivity index is 1.67. The van der Waals surface area contributed by atoms with Gasteiger partial charge in [0.1, 0.15) is 0 Å². The minimum absolute atomic E-state index is 0.852. The average Bonchev–Trinajstić information content (AvgIpc) is 2.69. The highest BCUT2D eigenvalue weighted by Crippen LogP contribution is 2.31. The Kier molecular flexibility index (Phi) is 3.23. The van der Waals surface area contributed by atoms with E-state index in [9.17, 15) is 0 Å². The molecule has 0 aromatic rings. The maximum atomic E-state index is 2.38. The van der Waals surface area contributed by atoms with E-state index in [0.717, 1.165) is 11.8 Å². The molecule has 0 aliphatic heterocycles. The van der Waals surface area contributed by atoms with Gasteiger partial charge >= 0.3 is 0 Å². The fraction of sp³-hybridized carbons (Fsp3) is 0.692. The summed E-state index contributed by atoms with van der Waals surface area (Å²) in [6, 6.07) is 0. The Hall–Kier alpha value is -0.520. The molecule has 1 unspecified atom stereocenters. The minimum Gasteiger partial charge on any atom is -0.0840 e. The lowest BCUT2D eigenvalue weighted by atomic mass is 9.91. The summed E-state index contributed by atoms with van der Waals surface area (Å²) in [7, 11) is 0. The van der Waals surface area contributed by atoms with Crippen LogP contribution in [0, 0.1) is 11.8 Å². The fourth-order valence-electron chi connectivity index (χ4n) is 2.59. The maximum absolute atomic E-state index is 2.38. The van der Waals surface area contributed by atoms with Gasteiger partial charge in [-0.25, -0.2) is 0 Å². The van der Waals surface area contributed by atoms with Gasteiger partial charge in [0.2, 0.25) is 0 Å². The number of rotatable bonds is 3. The highest BCUT2D eigenvalue weighted by molar-refractivity contribution is 5.10. The zero-order valence-corrected chi connectivity index (χ0v) is 8.41. The summed E-state index contributed by atoms with van der Waals surface area (Å²) >= 11 is 0. The standard InChI is InChI=1S/C13H20/c1-2-6-12(7-3-1)10-11-13-8-4-5-9-13/h1-3,6,12-13H,4-5,7-11H2. The predicted octanol–water partition coefficient (Wildman–Crippen LogP) is 4.09. The van der Waals surface area contributed by atoms with Crippen LogP contribution in [0.4, 0.5) is 0 Å². The largest absolute Gasteiger partial charge is 0.0840 e. The third kappa shape index (κ3) is 2.72. The molecule has 0 N–H and O–H groups in total. The lowest BCUT2D eigenvalue weighted by Crippen LogP contribution is -2.01. The minimum atomic E-state index is 0.852. The van der Waals surface area contributed by atoms with Gasteiger partial charge in [-0.2, -0.15) is 0 Å². The lowest BCUT2D eigenvalue weighted by molar-refractivity contribution is 0.437. The number of hydrogen-bond donors (Lipinski definition) is 0. The fourth-order valence-corrected chi connectivity index (χ4v) is 2.59. The Morgan fingerprint density at radius 3 is 2.54 bits per heavy atom. The first-order valence-corrected chi connectivity index (χ1v) is 5.78. The van der Waals surface area contributed by atoms with Gasteiger partial charge in [-0.1, -0.05) is 50.0 Å². The predicted molar refractivity (Wildman–Crippen MR) is 57.6 cm³/mol. The summed E-state index contributed by atoms with van der Waals surface area (Å²) in [5.74, 6) is 1.92. The third-order valence-electron chi connectivity index (χ3n) is 3.49. The van der Waals surface area contributed by atoms with Crippen LogP contribution in [0.15, 0.2) is 24.3 Å². The Labute approximate surface area is 81.7 Å². The molecule has 0 aromatic heterocycles. The van der Waals surface area contributed by atoms with E-state index in [1.165, 1.54) is 44.9 Å². The molecule has 0 saturated heterocycles.